The minimum atomic E-state index is -0.0565. The van der Waals surface area contributed by atoms with Gasteiger partial charge in [-0.15, -0.1) is 10.2 Å². The second kappa shape index (κ2) is 8.05. The van der Waals surface area contributed by atoms with E-state index in [-0.39, 0.29) is 11.7 Å². The smallest absolute Gasteiger partial charge is 0.234 e. The Morgan fingerprint density at radius 3 is 2.45 bits per heavy atom. The molecule has 0 radical (unpaired) electrons. The number of hydrogen-bond acceptors (Lipinski definition) is 5. The average molecular weight is 404 g/mol. The first-order chi connectivity index (χ1) is 14.0. The van der Waals surface area contributed by atoms with E-state index in [1.807, 2.05) is 56.3 Å². The molecular weight excluding hydrogens is 382 g/mol. The van der Waals surface area contributed by atoms with Gasteiger partial charge >= 0.3 is 0 Å². The number of amides is 1. The van der Waals surface area contributed by atoms with Crippen molar-refractivity contribution in [2.24, 2.45) is 0 Å². The van der Waals surface area contributed by atoms with Crippen LogP contribution in [-0.4, -0.2) is 31.5 Å². The lowest BCUT2D eigenvalue weighted by Crippen LogP contribution is -2.16. The fourth-order valence-electron chi connectivity index (χ4n) is 3.31. The lowest BCUT2D eigenvalue weighted by molar-refractivity contribution is -0.113. The lowest BCUT2D eigenvalue weighted by Gasteiger charge is -2.12. The molecule has 0 saturated heterocycles. The first kappa shape index (κ1) is 19.1. The number of benzene rings is 2. The average Bonchev–Trinajstić information content (AvgIpc) is 3.13. The van der Waals surface area contributed by atoms with E-state index in [1.54, 1.807) is 4.52 Å². The van der Waals surface area contributed by atoms with E-state index < -0.39 is 0 Å². The van der Waals surface area contributed by atoms with Crippen molar-refractivity contribution in [1.82, 2.24) is 19.8 Å². The number of fused-ring (bicyclic) bond motifs is 1. The second-order valence-electron chi connectivity index (χ2n) is 6.94. The van der Waals surface area contributed by atoms with Crippen LogP contribution in [0.5, 0.6) is 0 Å². The number of nitrogens with zero attached hydrogens (tertiary/aromatic N) is 4. The predicted octanol–water partition coefficient (Wildman–Crippen LogP) is 4.45. The van der Waals surface area contributed by atoms with Crippen LogP contribution in [0.1, 0.15) is 16.7 Å². The Morgan fingerprint density at radius 2 is 1.72 bits per heavy atom. The molecule has 0 aliphatic heterocycles. The van der Waals surface area contributed by atoms with Crippen molar-refractivity contribution in [3.8, 4) is 11.4 Å². The van der Waals surface area contributed by atoms with E-state index in [2.05, 4.69) is 39.7 Å². The van der Waals surface area contributed by atoms with Crippen LogP contribution in [0.25, 0.3) is 17.0 Å². The molecule has 0 saturated carbocycles. The summed E-state index contributed by atoms with van der Waals surface area (Å²) in [4.78, 5) is 12.5. The molecule has 2 aromatic carbocycles. The van der Waals surface area contributed by atoms with Gasteiger partial charge in [0, 0.05) is 11.3 Å². The third-order valence-corrected chi connectivity index (χ3v) is 5.48. The van der Waals surface area contributed by atoms with Crippen LogP contribution >= 0.6 is 11.8 Å². The zero-order valence-corrected chi connectivity index (χ0v) is 17.3. The quantitative estimate of drug-likeness (QED) is 0.499. The molecule has 0 aliphatic carbocycles. The summed E-state index contributed by atoms with van der Waals surface area (Å²) in [5.74, 6) is 0.894. The summed E-state index contributed by atoms with van der Waals surface area (Å²) in [6, 6.07) is 17.7. The number of anilines is 1. The third-order valence-electron chi connectivity index (χ3n) is 4.56. The largest absolute Gasteiger partial charge is 0.325 e. The van der Waals surface area contributed by atoms with E-state index in [0.717, 1.165) is 27.4 Å². The van der Waals surface area contributed by atoms with E-state index in [0.29, 0.717) is 11.5 Å². The van der Waals surface area contributed by atoms with Crippen molar-refractivity contribution in [3.63, 3.8) is 0 Å². The van der Waals surface area contributed by atoms with Crippen molar-refractivity contribution in [2.75, 3.05) is 11.1 Å². The number of carbonyl (C=O) groups is 1. The summed E-state index contributed by atoms with van der Waals surface area (Å²) in [6.45, 7) is 6.07. The van der Waals surface area contributed by atoms with Gasteiger partial charge in [0.05, 0.1) is 5.75 Å². The molecule has 29 heavy (non-hydrogen) atoms. The molecule has 146 valence electrons. The zero-order valence-electron chi connectivity index (χ0n) is 16.5. The van der Waals surface area contributed by atoms with E-state index in [9.17, 15) is 4.79 Å². The molecule has 0 atom stereocenters. The van der Waals surface area contributed by atoms with Gasteiger partial charge in [-0.3, -0.25) is 4.79 Å². The fourth-order valence-corrected chi connectivity index (χ4v) is 3.96. The molecule has 2 aromatic heterocycles. The molecule has 4 aromatic rings. The molecular formula is C22H21N5OS. The number of thioether (sulfide) groups is 1. The highest BCUT2D eigenvalue weighted by molar-refractivity contribution is 7.99. The molecule has 6 nitrogen and oxygen atoms in total. The summed E-state index contributed by atoms with van der Waals surface area (Å²) in [6.07, 6.45) is 0. The Morgan fingerprint density at radius 1 is 1.00 bits per heavy atom. The summed E-state index contributed by atoms with van der Waals surface area (Å²) in [5, 5.41) is 16.8. The molecule has 0 aliphatic rings. The van der Waals surface area contributed by atoms with Gasteiger partial charge in [0.15, 0.2) is 11.5 Å². The molecule has 0 bridgehead atoms. The maximum absolute atomic E-state index is 12.5. The summed E-state index contributed by atoms with van der Waals surface area (Å²) < 4.78 is 1.71. The van der Waals surface area contributed by atoms with Crippen molar-refractivity contribution < 1.29 is 4.79 Å². The molecule has 0 fully saturated rings. The monoisotopic (exact) mass is 403 g/mol. The number of hydrogen-bond donors (Lipinski definition) is 1. The van der Waals surface area contributed by atoms with Crippen LogP contribution in [0, 0.1) is 20.8 Å². The first-order valence-corrected chi connectivity index (χ1v) is 10.3. The van der Waals surface area contributed by atoms with Gasteiger partial charge in [-0.25, -0.2) is 0 Å². The van der Waals surface area contributed by atoms with Crippen molar-refractivity contribution in [1.29, 1.82) is 0 Å². The first-order valence-electron chi connectivity index (χ1n) is 9.29. The van der Waals surface area contributed by atoms with Gasteiger partial charge in [0.25, 0.3) is 0 Å². The van der Waals surface area contributed by atoms with Crippen molar-refractivity contribution >= 4 is 29.0 Å². The fraction of sp³-hybridized carbons (Fsp3) is 0.182. The van der Waals surface area contributed by atoms with E-state index in [4.69, 9.17) is 0 Å². The number of nitrogens with one attached hydrogen (secondary N) is 1. The number of carbonyl (C=O) groups excluding carboxylic acids is 1. The predicted molar refractivity (Wildman–Crippen MR) is 116 cm³/mol. The van der Waals surface area contributed by atoms with Crippen molar-refractivity contribution in [2.45, 2.75) is 25.8 Å². The van der Waals surface area contributed by atoms with Crippen LogP contribution in [0.15, 0.2) is 59.6 Å². The number of aryl methyl sites for hydroxylation is 3. The Kier molecular flexibility index (Phi) is 5.31. The molecule has 7 heteroatoms. The minimum absolute atomic E-state index is 0.0565. The highest BCUT2D eigenvalue weighted by atomic mass is 32.2. The molecule has 0 unspecified atom stereocenters. The van der Waals surface area contributed by atoms with Gasteiger partial charge < -0.3 is 5.32 Å². The van der Waals surface area contributed by atoms with Gasteiger partial charge in [0.2, 0.25) is 5.91 Å². The van der Waals surface area contributed by atoms with Gasteiger partial charge in [-0.1, -0.05) is 59.8 Å². The molecule has 0 spiro atoms. The SMILES string of the molecule is Cc1cc(C)c(NC(=O)CSc2ccc3nnc(-c4ccccc4)n3n2)c(C)c1. The Hall–Kier alpha value is -3.19. The second-order valence-corrected chi connectivity index (χ2v) is 7.94. The number of aromatic nitrogens is 4. The molecule has 1 amide bonds. The van der Waals surface area contributed by atoms with Gasteiger partial charge in [-0.05, 0) is 44.0 Å². The third kappa shape index (κ3) is 4.14. The van der Waals surface area contributed by atoms with Crippen molar-refractivity contribution in [3.05, 3.63) is 71.3 Å². The highest BCUT2D eigenvalue weighted by Crippen LogP contribution is 2.24. The standard InChI is InChI=1S/C22H21N5OS/c1-14-11-15(2)21(16(3)12-14)23-19(28)13-29-20-10-9-18-24-25-22(27(18)26-20)17-7-5-4-6-8-17/h4-12H,13H2,1-3H3,(H,23,28). The number of rotatable bonds is 5. The highest BCUT2D eigenvalue weighted by Gasteiger charge is 2.12. The van der Waals surface area contributed by atoms with Crippen LogP contribution in [0.2, 0.25) is 0 Å². The van der Waals surface area contributed by atoms with Gasteiger partial charge in [-0.2, -0.15) is 9.61 Å². The van der Waals surface area contributed by atoms with Crippen LogP contribution in [-0.2, 0) is 4.79 Å². The normalized spacial score (nSPS) is 11.0. The van der Waals surface area contributed by atoms with Crippen LogP contribution in [0.3, 0.4) is 0 Å². The summed E-state index contributed by atoms with van der Waals surface area (Å²) in [7, 11) is 0. The maximum atomic E-state index is 12.5. The van der Waals surface area contributed by atoms with Crippen LogP contribution in [0.4, 0.5) is 5.69 Å². The Labute approximate surface area is 173 Å². The summed E-state index contributed by atoms with van der Waals surface area (Å²) >= 11 is 1.39. The van der Waals surface area contributed by atoms with Gasteiger partial charge in [0.1, 0.15) is 5.03 Å². The van der Waals surface area contributed by atoms with Crippen LogP contribution < -0.4 is 5.32 Å². The Bertz CT molecular complexity index is 1160. The van der Waals surface area contributed by atoms with E-state index >= 15 is 0 Å². The zero-order chi connectivity index (χ0) is 20.4. The van der Waals surface area contributed by atoms with E-state index in [1.165, 1.54) is 17.3 Å². The lowest BCUT2D eigenvalue weighted by atomic mass is 10.1. The molecule has 1 N–H and O–H groups in total. The Balaban J connectivity index is 1.49. The summed E-state index contributed by atoms with van der Waals surface area (Å²) in [5.41, 5.74) is 5.82. The molecule has 2 heterocycles. The maximum Gasteiger partial charge on any atom is 0.234 e. The molecule has 4 rings (SSSR count). The topological polar surface area (TPSA) is 72.2 Å². The minimum Gasteiger partial charge on any atom is -0.325 e.